The first-order chi connectivity index (χ1) is 9.15. The van der Waals surface area contributed by atoms with Gasteiger partial charge in [0.25, 0.3) is 0 Å². The van der Waals surface area contributed by atoms with Crippen LogP contribution in [-0.2, 0) is 14.3 Å². The number of anilines is 1. The average Bonchev–Trinajstić information content (AvgIpc) is 2.77. The van der Waals surface area contributed by atoms with Gasteiger partial charge in [-0.05, 0) is 25.0 Å². The van der Waals surface area contributed by atoms with E-state index in [1.54, 1.807) is 11.0 Å². The van der Waals surface area contributed by atoms with Gasteiger partial charge < -0.3 is 4.74 Å². The summed E-state index contributed by atoms with van der Waals surface area (Å²) in [5, 5.41) is 0. The van der Waals surface area contributed by atoms with Crippen molar-refractivity contribution in [2.75, 3.05) is 12.0 Å². The van der Waals surface area contributed by atoms with E-state index in [-0.39, 0.29) is 11.9 Å². The SMILES string of the molecule is C=CCC1(C(=O)OC)CCC(=O)N1c1ccccc1. The number of ether oxygens (including phenoxy) is 1. The minimum atomic E-state index is -0.949. The Morgan fingerprint density at radius 3 is 2.74 bits per heavy atom. The minimum Gasteiger partial charge on any atom is -0.467 e. The third-order valence-corrected chi connectivity index (χ3v) is 3.49. The Bertz CT molecular complexity index is 497. The summed E-state index contributed by atoms with van der Waals surface area (Å²) >= 11 is 0. The van der Waals surface area contributed by atoms with Gasteiger partial charge in [-0.1, -0.05) is 24.3 Å². The van der Waals surface area contributed by atoms with Gasteiger partial charge in [-0.3, -0.25) is 9.69 Å². The number of nitrogens with zero attached hydrogens (tertiary/aromatic N) is 1. The Kier molecular flexibility index (Phi) is 3.69. The van der Waals surface area contributed by atoms with Crippen LogP contribution >= 0.6 is 0 Å². The van der Waals surface area contributed by atoms with E-state index >= 15 is 0 Å². The Hall–Kier alpha value is -2.10. The minimum absolute atomic E-state index is 0.0570. The fourth-order valence-corrected chi connectivity index (χ4v) is 2.64. The van der Waals surface area contributed by atoms with E-state index in [0.717, 1.165) is 5.69 Å². The number of hydrogen-bond acceptors (Lipinski definition) is 3. The molecule has 0 spiro atoms. The maximum Gasteiger partial charge on any atom is 0.332 e. The summed E-state index contributed by atoms with van der Waals surface area (Å²) in [6.07, 6.45) is 2.85. The molecule has 0 saturated carbocycles. The van der Waals surface area contributed by atoms with E-state index < -0.39 is 5.54 Å². The molecular formula is C15H17NO3. The number of hydrogen-bond donors (Lipinski definition) is 0. The number of methoxy groups -OCH3 is 1. The molecular weight excluding hydrogens is 242 g/mol. The molecule has 4 heteroatoms. The molecule has 19 heavy (non-hydrogen) atoms. The lowest BCUT2D eigenvalue weighted by atomic mass is 9.91. The molecule has 1 amide bonds. The maximum absolute atomic E-state index is 12.2. The van der Waals surface area contributed by atoms with E-state index in [9.17, 15) is 9.59 Å². The van der Waals surface area contributed by atoms with Crippen LogP contribution < -0.4 is 4.90 Å². The van der Waals surface area contributed by atoms with Gasteiger partial charge in [0.2, 0.25) is 5.91 Å². The molecule has 0 radical (unpaired) electrons. The topological polar surface area (TPSA) is 46.6 Å². The number of rotatable bonds is 4. The lowest BCUT2D eigenvalue weighted by Gasteiger charge is -2.35. The molecule has 100 valence electrons. The smallest absolute Gasteiger partial charge is 0.332 e. The summed E-state index contributed by atoms with van der Waals surface area (Å²) in [7, 11) is 1.35. The summed E-state index contributed by atoms with van der Waals surface area (Å²) in [6, 6.07) is 9.21. The van der Waals surface area contributed by atoms with Crippen molar-refractivity contribution in [3.63, 3.8) is 0 Å². The molecule has 1 atom stereocenters. The monoisotopic (exact) mass is 259 g/mol. The number of carbonyl (C=O) groups excluding carboxylic acids is 2. The summed E-state index contributed by atoms with van der Waals surface area (Å²) in [5.41, 5.74) is -0.230. The van der Waals surface area contributed by atoms with Crippen LogP contribution in [0, 0.1) is 0 Å². The largest absolute Gasteiger partial charge is 0.467 e. The maximum atomic E-state index is 12.2. The second kappa shape index (κ2) is 5.26. The van der Waals surface area contributed by atoms with E-state index in [1.807, 2.05) is 30.3 Å². The van der Waals surface area contributed by atoms with E-state index in [0.29, 0.717) is 19.3 Å². The molecule has 4 nitrogen and oxygen atoms in total. The van der Waals surface area contributed by atoms with Crippen molar-refractivity contribution in [3.8, 4) is 0 Å². The first-order valence-electron chi connectivity index (χ1n) is 6.23. The van der Waals surface area contributed by atoms with Crippen LogP contribution in [-0.4, -0.2) is 24.5 Å². The quantitative estimate of drug-likeness (QED) is 0.615. The molecule has 0 aromatic heterocycles. The molecule has 1 fully saturated rings. The molecule has 1 heterocycles. The van der Waals surface area contributed by atoms with Crippen molar-refractivity contribution >= 4 is 17.6 Å². The molecule has 0 bridgehead atoms. The van der Waals surface area contributed by atoms with E-state index in [2.05, 4.69) is 6.58 Å². The number of amides is 1. The number of para-hydroxylation sites is 1. The van der Waals surface area contributed by atoms with Gasteiger partial charge in [0.05, 0.1) is 7.11 Å². The molecule has 1 saturated heterocycles. The predicted octanol–water partition coefficient (Wildman–Crippen LogP) is 2.30. The van der Waals surface area contributed by atoms with Gasteiger partial charge in [0, 0.05) is 12.1 Å². The molecule has 1 aliphatic heterocycles. The van der Waals surface area contributed by atoms with Gasteiger partial charge in [0.15, 0.2) is 0 Å². The lowest BCUT2D eigenvalue weighted by molar-refractivity contribution is -0.147. The Morgan fingerprint density at radius 1 is 1.47 bits per heavy atom. The van der Waals surface area contributed by atoms with Gasteiger partial charge in [-0.25, -0.2) is 4.79 Å². The van der Waals surface area contributed by atoms with Gasteiger partial charge >= 0.3 is 5.97 Å². The van der Waals surface area contributed by atoms with Crippen LogP contribution in [0.1, 0.15) is 19.3 Å². The highest BCUT2D eigenvalue weighted by atomic mass is 16.5. The van der Waals surface area contributed by atoms with E-state index in [4.69, 9.17) is 4.74 Å². The van der Waals surface area contributed by atoms with Crippen molar-refractivity contribution in [2.24, 2.45) is 0 Å². The number of carbonyl (C=O) groups is 2. The van der Waals surface area contributed by atoms with Crippen LogP contribution in [0.5, 0.6) is 0 Å². The summed E-state index contributed by atoms with van der Waals surface area (Å²) < 4.78 is 4.91. The second-order valence-electron chi connectivity index (χ2n) is 4.58. The standard InChI is InChI=1S/C15H17NO3/c1-3-10-15(14(18)19-2)11-9-13(17)16(15)12-7-5-4-6-8-12/h3-8H,1,9-11H2,2H3. The van der Waals surface area contributed by atoms with Crippen molar-refractivity contribution in [2.45, 2.75) is 24.8 Å². The fraction of sp³-hybridized carbons (Fsp3) is 0.333. The van der Waals surface area contributed by atoms with Crippen molar-refractivity contribution < 1.29 is 14.3 Å². The molecule has 0 aliphatic carbocycles. The molecule has 0 N–H and O–H groups in total. The van der Waals surface area contributed by atoms with Crippen molar-refractivity contribution in [1.82, 2.24) is 0 Å². The fourth-order valence-electron chi connectivity index (χ4n) is 2.64. The molecule has 1 aliphatic rings. The van der Waals surface area contributed by atoms with Crippen LogP contribution in [0.25, 0.3) is 0 Å². The van der Waals surface area contributed by atoms with Crippen molar-refractivity contribution in [1.29, 1.82) is 0 Å². The zero-order valence-corrected chi connectivity index (χ0v) is 11.0. The van der Waals surface area contributed by atoms with Gasteiger partial charge in [0.1, 0.15) is 5.54 Å². The van der Waals surface area contributed by atoms with E-state index in [1.165, 1.54) is 7.11 Å². The third-order valence-electron chi connectivity index (χ3n) is 3.49. The van der Waals surface area contributed by atoms with Crippen LogP contribution in [0.15, 0.2) is 43.0 Å². The average molecular weight is 259 g/mol. The highest BCUT2D eigenvalue weighted by Crippen LogP contribution is 2.38. The number of benzene rings is 1. The highest BCUT2D eigenvalue weighted by Gasteiger charge is 2.51. The second-order valence-corrected chi connectivity index (χ2v) is 4.58. The summed E-state index contributed by atoms with van der Waals surface area (Å²) in [4.78, 5) is 25.9. The normalized spacial score (nSPS) is 22.4. The highest BCUT2D eigenvalue weighted by molar-refractivity contribution is 6.05. The van der Waals surface area contributed by atoms with Gasteiger partial charge in [-0.2, -0.15) is 0 Å². The first kappa shape index (κ1) is 13.3. The Labute approximate surface area is 112 Å². The van der Waals surface area contributed by atoms with Crippen molar-refractivity contribution in [3.05, 3.63) is 43.0 Å². The molecule has 1 aromatic rings. The zero-order chi connectivity index (χ0) is 13.9. The predicted molar refractivity (Wildman–Crippen MR) is 72.7 cm³/mol. The third kappa shape index (κ3) is 2.14. The van der Waals surface area contributed by atoms with Gasteiger partial charge in [-0.15, -0.1) is 6.58 Å². The lowest BCUT2D eigenvalue weighted by Crippen LogP contribution is -2.52. The first-order valence-corrected chi connectivity index (χ1v) is 6.23. The van der Waals surface area contributed by atoms with Crippen LogP contribution in [0.3, 0.4) is 0 Å². The van der Waals surface area contributed by atoms with Crippen LogP contribution in [0.4, 0.5) is 5.69 Å². The Morgan fingerprint density at radius 2 is 2.16 bits per heavy atom. The number of esters is 1. The molecule has 1 unspecified atom stereocenters. The molecule has 2 rings (SSSR count). The summed E-state index contributed by atoms with van der Waals surface area (Å²) in [5.74, 6) is -0.444. The zero-order valence-electron chi connectivity index (χ0n) is 11.0. The van der Waals surface area contributed by atoms with Crippen LogP contribution in [0.2, 0.25) is 0 Å². The molecule has 1 aromatic carbocycles. The summed E-state index contributed by atoms with van der Waals surface area (Å²) in [6.45, 7) is 3.69. The Balaban J connectivity index is 2.49.